The topological polar surface area (TPSA) is 52.6 Å². The summed E-state index contributed by atoms with van der Waals surface area (Å²) in [5, 5.41) is 10.8. The van der Waals surface area contributed by atoms with Crippen LogP contribution in [0.15, 0.2) is 45.6 Å². The Morgan fingerprint density at radius 3 is 2.63 bits per heavy atom. The number of thiazole rings is 1. The summed E-state index contributed by atoms with van der Waals surface area (Å²) in [7, 11) is 1.85. The van der Waals surface area contributed by atoms with Crippen molar-refractivity contribution in [3.05, 3.63) is 46.4 Å². The smallest absolute Gasteiger partial charge is 0.191 e. The minimum absolute atomic E-state index is 0. The number of aliphatic imine (C=N–C) groups is 1. The third kappa shape index (κ3) is 8.72. The molecule has 0 aliphatic carbocycles. The van der Waals surface area contributed by atoms with Crippen LogP contribution in [0.25, 0.3) is 0 Å². The highest BCUT2D eigenvalue weighted by Gasteiger charge is 2.20. The molecule has 1 aliphatic heterocycles. The van der Waals surface area contributed by atoms with Crippen LogP contribution in [0.1, 0.15) is 30.5 Å². The first-order chi connectivity index (χ1) is 14.1. The van der Waals surface area contributed by atoms with E-state index in [2.05, 4.69) is 75.1 Å². The van der Waals surface area contributed by atoms with Crippen LogP contribution in [0.4, 0.5) is 0 Å². The lowest BCUT2D eigenvalue weighted by Gasteiger charge is -2.31. The van der Waals surface area contributed by atoms with Crippen LogP contribution in [-0.4, -0.2) is 54.3 Å². The van der Waals surface area contributed by atoms with E-state index in [0.29, 0.717) is 11.2 Å². The minimum Gasteiger partial charge on any atom is -0.356 e. The number of aromatic nitrogens is 1. The molecule has 8 heteroatoms. The van der Waals surface area contributed by atoms with E-state index in [1.165, 1.54) is 23.4 Å². The van der Waals surface area contributed by atoms with Gasteiger partial charge in [-0.15, -0.1) is 47.1 Å². The number of piperidine rings is 1. The molecule has 1 saturated heterocycles. The Morgan fingerprint density at radius 1 is 1.27 bits per heavy atom. The number of rotatable bonds is 8. The lowest BCUT2D eigenvalue weighted by molar-refractivity contribution is 0.176. The highest BCUT2D eigenvalue weighted by Crippen LogP contribution is 2.22. The van der Waals surface area contributed by atoms with Crippen LogP contribution in [0.5, 0.6) is 0 Å². The van der Waals surface area contributed by atoms with E-state index in [0.717, 1.165) is 43.7 Å². The van der Waals surface area contributed by atoms with E-state index >= 15 is 0 Å². The predicted octanol–water partition coefficient (Wildman–Crippen LogP) is 4.63. The molecule has 2 heterocycles. The number of nitrogens with zero attached hydrogens (tertiary/aromatic N) is 3. The molecule has 1 aromatic carbocycles. The third-order valence-corrected chi connectivity index (χ3v) is 7.11. The highest BCUT2D eigenvalue weighted by atomic mass is 127. The summed E-state index contributed by atoms with van der Waals surface area (Å²) in [6.45, 7) is 9.50. The van der Waals surface area contributed by atoms with Gasteiger partial charge in [-0.3, -0.25) is 9.89 Å². The maximum Gasteiger partial charge on any atom is 0.191 e. The minimum atomic E-state index is 0. The van der Waals surface area contributed by atoms with Crippen molar-refractivity contribution in [3.63, 3.8) is 0 Å². The molecular formula is C22H34IN5S2. The number of nitrogens with one attached hydrogen (secondary N) is 2. The summed E-state index contributed by atoms with van der Waals surface area (Å²) in [5.74, 6) is 1.61. The number of likely N-dealkylation sites (tertiary alicyclic amines) is 1. The fourth-order valence-corrected chi connectivity index (χ4v) is 5.08. The molecule has 0 spiro atoms. The first-order valence-corrected chi connectivity index (χ1v) is 12.2. The average molecular weight is 560 g/mol. The van der Waals surface area contributed by atoms with E-state index in [-0.39, 0.29) is 24.0 Å². The standard InChI is InChI=1S/C22H33N5S2.HI/c1-17(29-21-7-5-4-6-8-21)13-24-22(23-3)25-14-19-9-11-27(12-10-19)15-20-16-28-18(2)26-20;/h4-8,16-17,19H,9-15H2,1-3H3,(H2,23,24,25);1H. The molecule has 2 aromatic rings. The van der Waals surface area contributed by atoms with Crippen molar-refractivity contribution in [2.75, 3.05) is 33.2 Å². The van der Waals surface area contributed by atoms with Crippen LogP contribution in [0.3, 0.4) is 0 Å². The molecule has 0 bridgehead atoms. The zero-order valence-corrected chi connectivity index (χ0v) is 22.1. The zero-order chi connectivity index (χ0) is 20.5. The van der Waals surface area contributed by atoms with Gasteiger partial charge in [-0.25, -0.2) is 4.98 Å². The number of halogens is 1. The summed E-state index contributed by atoms with van der Waals surface area (Å²) >= 11 is 3.63. The van der Waals surface area contributed by atoms with Gasteiger partial charge >= 0.3 is 0 Å². The molecule has 1 unspecified atom stereocenters. The van der Waals surface area contributed by atoms with Gasteiger partial charge in [-0.05, 0) is 50.9 Å². The van der Waals surface area contributed by atoms with Crippen molar-refractivity contribution in [1.29, 1.82) is 0 Å². The van der Waals surface area contributed by atoms with E-state index in [4.69, 9.17) is 0 Å². The summed E-state index contributed by atoms with van der Waals surface area (Å²) in [4.78, 5) is 12.8. The van der Waals surface area contributed by atoms with Crippen LogP contribution >= 0.6 is 47.1 Å². The Bertz CT molecular complexity index is 760. The van der Waals surface area contributed by atoms with Crippen molar-refractivity contribution in [1.82, 2.24) is 20.5 Å². The van der Waals surface area contributed by atoms with E-state index < -0.39 is 0 Å². The lowest BCUT2D eigenvalue weighted by atomic mass is 9.97. The van der Waals surface area contributed by atoms with Crippen LogP contribution in [0, 0.1) is 12.8 Å². The van der Waals surface area contributed by atoms with Crippen molar-refractivity contribution < 1.29 is 0 Å². The molecule has 1 aliphatic rings. The SMILES string of the molecule is CN=C(NCC1CCN(Cc2csc(C)n2)CC1)NCC(C)Sc1ccccc1.I. The molecule has 1 fully saturated rings. The fraction of sp³-hybridized carbons (Fsp3) is 0.545. The molecule has 2 N–H and O–H groups in total. The highest BCUT2D eigenvalue weighted by molar-refractivity contribution is 14.0. The van der Waals surface area contributed by atoms with Crippen molar-refractivity contribution in [2.24, 2.45) is 10.9 Å². The van der Waals surface area contributed by atoms with Crippen molar-refractivity contribution in [3.8, 4) is 0 Å². The van der Waals surface area contributed by atoms with Gasteiger partial charge in [-0.1, -0.05) is 25.1 Å². The number of hydrogen-bond acceptors (Lipinski definition) is 5. The van der Waals surface area contributed by atoms with Crippen molar-refractivity contribution >= 4 is 53.0 Å². The average Bonchev–Trinajstić information content (AvgIpc) is 3.14. The molecule has 5 nitrogen and oxygen atoms in total. The molecule has 0 amide bonds. The van der Waals surface area contributed by atoms with Gasteiger partial charge in [0.05, 0.1) is 10.7 Å². The first-order valence-electron chi connectivity index (χ1n) is 10.4. The van der Waals surface area contributed by atoms with Gasteiger partial charge in [-0.2, -0.15) is 0 Å². The quantitative estimate of drug-likeness (QED) is 0.214. The Balaban J connectivity index is 0.00000320. The van der Waals surface area contributed by atoms with E-state index in [1.54, 1.807) is 11.3 Å². The summed E-state index contributed by atoms with van der Waals surface area (Å²) in [5.41, 5.74) is 1.22. The summed E-state index contributed by atoms with van der Waals surface area (Å²) in [6.07, 6.45) is 2.46. The molecule has 0 saturated carbocycles. The fourth-order valence-electron chi connectivity index (χ4n) is 3.53. The van der Waals surface area contributed by atoms with Gasteiger partial charge in [0, 0.05) is 42.2 Å². The Labute approximate surface area is 206 Å². The molecule has 1 aromatic heterocycles. The van der Waals surface area contributed by atoms with Gasteiger partial charge in [0.25, 0.3) is 0 Å². The predicted molar refractivity (Wildman–Crippen MR) is 141 cm³/mol. The number of thioether (sulfide) groups is 1. The Hall–Kier alpha value is -0.840. The monoisotopic (exact) mass is 559 g/mol. The van der Waals surface area contributed by atoms with Gasteiger partial charge < -0.3 is 10.6 Å². The maximum atomic E-state index is 4.59. The summed E-state index contributed by atoms with van der Waals surface area (Å²) < 4.78 is 0. The van der Waals surface area contributed by atoms with Gasteiger partial charge in [0.15, 0.2) is 5.96 Å². The van der Waals surface area contributed by atoms with Crippen molar-refractivity contribution in [2.45, 2.75) is 43.4 Å². The van der Waals surface area contributed by atoms with E-state index in [9.17, 15) is 0 Å². The van der Waals surface area contributed by atoms with Crippen LogP contribution < -0.4 is 10.6 Å². The molecule has 166 valence electrons. The molecule has 3 rings (SSSR count). The Kier molecular flexibility index (Phi) is 11.5. The lowest BCUT2D eigenvalue weighted by Crippen LogP contribution is -2.44. The third-order valence-electron chi connectivity index (χ3n) is 5.18. The number of benzene rings is 1. The van der Waals surface area contributed by atoms with Crippen LogP contribution in [0.2, 0.25) is 0 Å². The maximum absolute atomic E-state index is 4.59. The summed E-state index contributed by atoms with van der Waals surface area (Å²) in [6, 6.07) is 10.6. The molecular weight excluding hydrogens is 525 g/mol. The number of hydrogen-bond donors (Lipinski definition) is 2. The van der Waals surface area contributed by atoms with Gasteiger partial charge in [0.1, 0.15) is 0 Å². The second-order valence-corrected chi connectivity index (χ2v) is 10.2. The molecule has 30 heavy (non-hydrogen) atoms. The zero-order valence-electron chi connectivity index (χ0n) is 18.1. The van der Waals surface area contributed by atoms with E-state index in [1.807, 2.05) is 18.8 Å². The second kappa shape index (κ2) is 13.5. The van der Waals surface area contributed by atoms with Gasteiger partial charge in [0.2, 0.25) is 0 Å². The largest absolute Gasteiger partial charge is 0.356 e. The Morgan fingerprint density at radius 2 is 2.00 bits per heavy atom. The first kappa shape index (κ1) is 25.4. The number of aryl methyl sites for hydroxylation is 1. The molecule has 1 atom stereocenters. The molecule has 0 radical (unpaired) electrons. The normalized spacial score (nSPS) is 16.7. The number of guanidine groups is 1. The second-order valence-electron chi connectivity index (χ2n) is 7.65. The van der Waals surface area contributed by atoms with Crippen LogP contribution in [-0.2, 0) is 6.54 Å².